The van der Waals surface area contributed by atoms with Gasteiger partial charge in [0.2, 0.25) is 0 Å². The Balaban J connectivity index is 2.43. The second-order valence-corrected chi connectivity index (χ2v) is 5.05. The van der Waals surface area contributed by atoms with Crippen LogP contribution in [-0.4, -0.2) is 4.92 Å². The van der Waals surface area contributed by atoms with Gasteiger partial charge in [0.05, 0.1) is 10.3 Å². The van der Waals surface area contributed by atoms with Crippen LogP contribution in [0.25, 0.3) is 10.4 Å². The predicted octanol–water partition coefficient (Wildman–Crippen LogP) is 3.95. The van der Waals surface area contributed by atoms with Crippen molar-refractivity contribution in [3.63, 3.8) is 0 Å². The van der Waals surface area contributed by atoms with Crippen LogP contribution in [-0.2, 0) is 0 Å². The standard InChI is InChI=1S/C8H3BrNO2S2/c9-6-4-13-3-5(6)7-1-2-8(14-7)10(11)12/h1-2,4H. The van der Waals surface area contributed by atoms with E-state index in [-0.39, 0.29) is 9.92 Å². The molecule has 0 fully saturated rings. The van der Waals surface area contributed by atoms with Gasteiger partial charge in [-0.1, -0.05) is 11.3 Å². The van der Waals surface area contributed by atoms with Crippen LogP contribution in [0.15, 0.2) is 22.0 Å². The number of rotatable bonds is 2. The molecule has 0 aliphatic carbocycles. The zero-order valence-electron chi connectivity index (χ0n) is 6.69. The molecule has 1 radical (unpaired) electrons. The molecular formula is C8H3BrNO2S2. The van der Waals surface area contributed by atoms with Gasteiger partial charge in [-0.2, -0.15) is 0 Å². The Morgan fingerprint density at radius 2 is 2.29 bits per heavy atom. The van der Waals surface area contributed by atoms with Crippen LogP contribution in [0.4, 0.5) is 5.00 Å². The van der Waals surface area contributed by atoms with E-state index in [1.807, 2.05) is 5.38 Å². The van der Waals surface area contributed by atoms with Gasteiger partial charge in [-0.25, -0.2) is 0 Å². The van der Waals surface area contributed by atoms with Crippen molar-refractivity contribution in [1.82, 2.24) is 0 Å². The molecule has 2 aromatic rings. The molecule has 3 nitrogen and oxygen atoms in total. The molecule has 0 aromatic carbocycles. The second kappa shape index (κ2) is 3.80. The van der Waals surface area contributed by atoms with E-state index in [2.05, 4.69) is 21.3 Å². The van der Waals surface area contributed by atoms with E-state index >= 15 is 0 Å². The van der Waals surface area contributed by atoms with Crippen molar-refractivity contribution in [3.05, 3.63) is 37.5 Å². The van der Waals surface area contributed by atoms with Crippen molar-refractivity contribution in [1.29, 1.82) is 0 Å². The molecular weight excluding hydrogens is 286 g/mol. The maximum absolute atomic E-state index is 10.5. The smallest absolute Gasteiger partial charge is 0.258 e. The quantitative estimate of drug-likeness (QED) is 0.620. The lowest BCUT2D eigenvalue weighted by Gasteiger charge is -1.89. The van der Waals surface area contributed by atoms with Crippen LogP contribution < -0.4 is 0 Å². The van der Waals surface area contributed by atoms with Crippen molar-refractivity contribution in [2.75, 3.05) is 0 Å². The summed E-state index contributed by atoms with van der Waals surface area (Å²) in [6.45, 7) is 0. The lowest BCUT2D eigenvalue weighted by Crippen LogP contribution is -1.80. The molecule has 0 aliphatic heterocycles. The van der Waals surface area contributed by atoms with Crippen LogP contribution >= 0.6 is 38.6 Å². The zero-order chi connectivity index (χ0) is 10.1. The van der Waals surface area contributed by atoms with E-state index in [9.17, 15) is 10.1 Å². The first kappa shape index (κ1) is 9.82. The van der Waals surface area contributed by atoms with Gasteiger partial charge >= 0.3 is 5.00 Å². The minimum atomic E-state index is -0.381. The van der Waals surface area contributed by atoms with E-state index < -0.39 is 0 Å². The van der Waals surface area contributed by atoms with Crippen molar-refractivity contribution in [2.24, 2.45) is 0 Å². The van der Waals surface area contributed by atoms with Crippen molar-refractivity contribution in [3.8, 4) is 10.4 Å². The van der Waals surface area contributed by atoms with Gasteiger partial charge < -0.3 is 0 Å². The third-order valence-corrected chi connectivity index (χ3v) is 4.24. The van der Waals surface area contributed by atoms with Gasteiger partial charge in [0.25, 0.3) is 0 Å². The van der Waals surface area contributed by atoms with Crippen LogP contribution in [0, 0.1) is 15.5 Å². The highest BCUT2D eigenvalue weighted by Gasteiger charge is 2.13. The lowest BCUT2D eigenvalue weighted by molar-refractivity contribution is -0.380. The third-order valence-electron chi connectivity index (χ3n) is 1.58. The van der Waals surface area contributed by atoms with Gasteiger partial charge in [0.1, 0.15) is 0 Å². The minimum absolute atomic E-state index is 0.159. The highest BCUT2D eigenvalue weighted by Crippen LogP contribution is 2.37. The Kier molecular flexibility index (Phi) is 2.66. The average molecular weight is 289 g/mol. The molecule has 0 unspecified atom stereocenters. The summed E-state index contributed by atoms with van der Waals surface area (Å²) in [5.74, 6) is 0. The minimum Gasteiger partial charge on any atom is -0.258 e. The summed E-state index contributed by atoms with van der Waals surface area (Å²) in [7, 11) is 0. The molecule has 14 heavy (non-hydrogen) atoms. The lowest BCUT2D eigenvalue weighted by atomic mass is 10.3. The fraction of sp³-hybridized carbons (Fsp3) is 0. The first-order chi connectivity index (χ1) is 6.68. The van der Waals surface area contributed by atoms with E-state index in [0.29, 0.717) is 0 Å². The fourth-order valence-corrected chi connectivity index (χ4v) is 3.35. The summed E-state index contributed by atoms with van der Waals surface area (Å²) in [4.78, 5) is 11.0. The van der Waals surface area contributed by atoms with Crippen LogP contribution in [0.5, 0.6) is 0 Å². The van der Waals surface area contributed by atoms with Crippen molar-refractivity contribution < 1.29 is 4.92 Å². The predicted molar refractivity (Wildman–Crippen MR) is 60.8 cm³/mol. The van der Waals surface area contributed by atoms with Crippen molar-refractivity contribution in [2.45, 2.75) is 0 Å². The number of nitrogens with zero attached hydrogens (tertiary/aromatic N) is 1. The molecule has 0 atom stereocenters. The van der Waals surface area contributed by atoms with Crippen LogP contribution in [0.3, 0.4) is 0 Å². The third kappa shape index (κ3) is 1.73. The first-order valence-electron chi connectivity index (χ1n) is 3.58. The van der Waals surface area contributed by atoms with E-state index in [1.165, 1.54) is 17.4 Å². The topological polar surface area (TPSA) is 43.1 Å². The Labute approximate surface area is 96.3 Å². The summed E-state index contributed by atoms with van der Waals surface area (Å²) < 4.78 is 0.930. The normalized spacial score (nSPS) is 10.4. The molecule has 2 rings (SSSR count). The molecule has 0 aliphatic rings. The summed E-state index contributed by atoms with van der Waals surface area (Å²) in [6, 6.07) is 3.25. The molecule has 0 saturated heterocycles. The number of hydrogen-bond donors (Lipinski definition) is 0. The number of nitro groups is 1. The maximum Gasteiger partial charge on any atom is 0.324 e. The monoisotopic (exact) mass is 288 g/mol. The highest BCUT2D eigenvalue weighted by molar-refractivity contribution is 9.10. The summed E-state index contributed by atoms with van der Waals surface area (Å²) in [6.07, 6.45) is 0. The van der Waals surface area contributed by atoms with Gasteiger partial charge in [0.15, 0.2) is 0 Å². The van der Waals surface area contributed by atoms with E-state index in [0.717, 1.165) is 26.3 Å². The molecule has 6 heteroatoms. The highest BCUT2D eigenvalue weighted by atomic mass is 79.9. The van der Waals surface area contributed by atoms with Gasteiger partial charge in [-0.15, -0.1) is 11.3 Å². The SMILES string of the molecule is O=[N+]([O-])c1ccc(-c2[c]scc2Br)s1. The molecule has 2 heterocycles. The maximum atomic E-state index is 10.5. The van der Waals surface area contributed by atoms with Gasteiger partial charge in [0, 0.05) is 26.4 Å². The number of halogens is 1. The Hall–Kier alpha value is -0.720. The number of thiophene rings is 2. The average Bonchev–Trinajstić information content (AvgIpc) is 2.71. The largest absolute Gasteiger partial charge is 0.324 e. The fourth-order valence-electron chi connectivity index (χ4n) is 0.976. The number of hydrogen-bond acceptors (Lipinski definition) is 4. The Morgan fingerprint density at radius 3 is 2.79 bits per heavy atom. The molecule has 0 amide bonds. The molecule has 2 aromatic heterocycles. The molecule has 0 saturated carbocycles. The van der Waals surface area contributed by atoms with Gasteiger partial charge in [-0.05, 0) is 22.0 Å². The molecule has 71 valence electrons. The molecule has 0 N–H and O–H groups in total. The van der Waals surface area contributed by atoms with E-state index in [1.54, 1.807) is 6.07 Å². The van der Waals surface area contributed by atoms with Crippen LogP contribution in [0.2, 0.25) is 0 Å². The first-order valence-corrected chi connectivity index (χ1v) is 6.06. The summed E-state index contributed by atoms with van der Waals surface area (Å²) >= 11 is 5.97. The molecule has 0 spiro atoms. The summed E-state index contributed by atoms with van der Waals surface area (Å²) in [5.41, 5.74) is 0.896. The van der Waals surface area contributed by atoms with Crippen molar-refractivity contribution >= 4 is 43.6 Å². The Bertz CT molecular complexity index is 477. The Morgan fingerprint density at radius 1 is 1.50 bits per heavy atom. The van der Waals surface area contributed by atoms with Gasteiger partial charge in [-0.3, -0.25) is 10.1 Å². The zero-order valence-corrected chi connectivity index (χ0v) is 9.91. The van der Waals surface area contributed by atoms with E-state index in [4.69, 9.17) is 0 Å². The summed E-state index contributed by atoms with van der Waals surface area (Å²) in [5, 5.41) is 15.6. The second-order valence-electron chi connectivity index (χ2n) is 2.46. The van der Waals surface area contributed by atoms with Crippen LogP contribution in [0.1, 0.15) is 0 Å². The molecule has 0 bridgehead atoms.